The van der Waals surface area contributed by atoms with Crippen molar-refractivity contribution in [2.24, 2.45) is 0 Å². The number of rotatable bonds is 4. The summed E-state index contributed by atoms with van der Waals surface area (Å²) in [5.74, 6) is -0.363. The predicted octanol–water partition coefficient (Wildman–Crippen LogP) is -2.33. The Morgan fingerprint density at radius 2 is 1.80 bits per heavy atom. The van der Waals surface area contributed by atoms with Gasteiger partial charge in [-0.2, -0.15) is 0 Å². The monoisotopic (exact) mass is 237 g/mol. The van der Waals surface area contributed by atoms with Crippen molar-refractivity contribution in [3.63, 3.8) is 0 Å². The van der Waals surface area contributed by atoms with Crippen LogP contribution in [-0.2, 0) is 10.1 Å². The van der Waals surface area contributed by atoms with Crippen LogP contribution in [0.25, 0.3) is 0 Å². The molecule has 0 aliphatic carbocycles. The molecule has 0 aliphatic rings. The van der Waals surface area contributed by atoms with E-state index in [4.69, 9.17) is 0 Å². The van der Waals surface area contributed by atoms with E-state index in [1.165, 1.54) is 0 Å². The van der Waals surface area contributed by atoms with E-state index in [1.807, 2.05) is 30.3 Å². The maximum atomic E-state index is 10.4. The van der Waals surface area contributed by atoms with Crippen LogP contribution in [0.3, 0.4) is 0 Å². The molecule has 15 heavy (non-hydrogen) atoms. The van der Waals surface area contributed by atoms with E-state index in [9.17, 15) is 13.0 Å². The third kappa shape index (κ3) is 6.17. The number of benzene rings is 1. The molecule has 0 bridgehead atoms. The van der Waals surface area contributed by atoms with Crippen LogP contribution in [0.4, 0.5) is 5.69 Å². The molecule has 0 amide bonds. The standard InChI is InChI=1S/C9H13NO3S.Na/c1-10(7-8-14(11,12)13)9-5-3-2-4-6-9;/h2-6H,7-8H2,1H3,(H,11,12,13);/q;+1/p-1. The van der Waals surface area contributed by atoms with Crippen molar-refractivity contribution in [3.05, 3.63) is 30.3 Å². The van der Waals surface area contributed by atoms with Crippen LogP contribution < -0.4 is 34.5 Å². The molecule has 1 aromatic carbocycles. The van der Waals surface area contributed by atoms with Crippen molar-refractivity contribution in [3.8, 4) is 0 Å². The molecule has 0 atom stereocenters. The summed E-state index contributed by atoms with van der Waals surface area (Å²) in [6.45, 7) is 0.218. The van der Waals surface area contributed by atoms with E-state index in [-0.39, 0.29) is 41.9 Å². The van der Waals surface area contributed by atoms with Gasteiger partial charge in [0.1, 0.15) is 0 Å². The Kier molecular flexibility index (Phi) is 6.47. The Bertz CT molecular complexity index is 380. The van der Waals surface area contributed by atoms with Gasteiger partial charge in [-0.15, -0.1) is 0 Å². The average Bonchev–Trinajstić information content (AvgIpc) is 2.14. The average molecular weight is 237 g/mol. The molecule has 0 unspecified atom stereocenters. The van der Waals surface area contributed by atoms with Crippen molar-refractivity contribution in [1.82, 2.24) is 0 Å². The molecule has 0 spiro atoms. The van der Waals surface area contributed by atoms with Crippen molar-refractivity contribution in [2.75, 3.05) is 24.2 Å². The van der Waals surface area contributed by atoms with Crippen LogP contribution in [0.2, 0.25) is 0 Å². The molecule has 6 heteroatoms. The van der Waals surface area contributed by atoms with Gasteiger partial charge >= 0.3 is 29.6 Å². The molecule has 0 N–H and O–H groups in total. The second kappa shape index (κ2) is 6.50. The Labute approximate surface area is 112 Å². The molecule has 0 fully saturated rings. The molecule has 0 aliphatic heterocycles. The first-order chi connectivity index (χ1) is 6.49. The summed E-state index contributed by atoms with van der Waals surface area (Å²) in [6, 6.07) is 9.31. The summed E-state index contributed by atoms with van der Waals surface area (Å²) in [5.41, 5.74) is 0.899. The predicted molar refractivity (Wildman–Crippen MR) is 54.3 cm³/mol. The zero-order valence-corrected chi connectivity index (χ0v) is 11.7. The molecule has 0 saturated heterocycles. The Balaban J connectivity index is 0.00000196. The molecule has 78 valence electrons. The summed E-state index contributed by atoms with van der Waals surface area (Å²) in [4.78, 5) is 1.73. The molecule has 4 nitrogen and oxygen atoms in total. The fourth-order valence-electron chi connectivity index (χ4n) is 1.06. The molecule has 0 heterocycles. The van der Waals surface area contributed by atoms with Gasteiger partial charge < -0.3 is 9.45 Å². The Hall–Kier alpha value is -0.0700. The molecular formula is C9H12NNaO3S. The van der Waals surface area contributed by atoms with Gasteiger partial charge in [0, 0.05) is 19.3 Å². The SMILES string of the molecule is CN(CCS(=O)(=O)[O-])c1ccccc1.[Na+]. The minimum atomic E-state index is -4.12. The second-order valence-corrected chi connectivity index (χ2v) is 4.54. The van der Waals surface area contributed by atoms with Crippen LogP contribution in [0.5, 0.6) is 0 Å². The van der Waals surface area contributed by atoms with E-state index in [0.717, 1.165) is 5.69 Å². The largest absolute Gasteiger partial charge is 1.00 e. The third-order valence-corrected chi connectivity index (χ3v) is 2.56. The van der Waals surface area contributed by atoms with E-state index < -0.39 is 10.1 Å². The number of hydrogen-bond acceptors (Lipinski definition) is 4. The van der Waals surface area contributed by atoms with Gasteiger partial charge in [-0.1, -0.05) is 18.2 Å². The zero-order valence-electron chi connectivity index (χ0n) is 8.88. The first kappa shape index (κ1) is 14.9. The van der Waals surface area contributed by atoms with E-state index in [1.54, 1.807) is 11.9 Å². The topological polar surface area (TPSA) is 60.4 Å². The number of para-hydroxylation sites is 1. The minimum absolute atomic E-state index is 0. The maximum absolute atomic E-state index is 10.4. The second-order valence-electron chi connectivity index (χ2n) is 3.02. The van der Waals surface area contributed by atoms with E-state index in [0.29, 0.717) is 0 Å². The summed E-state index contributed by atoms with van der Waals surface area (Å²) in [7, 11) is -2.37. The minimum Gasteiger partial charge on any atom is -0.748 e. The van der Waals surface area contributed by atoms with Crippen molar-refractivity contribution in [1.29, 1.82) is 0 Å². The van der Waals surface area contributed by atoms with Crippen LogP contribution >= 0.6 is 0 Å². The number of hydrogen-bond donors (Lipinski definition) is 0. The van der Waals surface area contributed by atoms with Gasteiger partial charge in [-0.25, -0.2) is 8.42 Å². The van der Waals surface area contributed by atoms with Gasteiger partial charge in [0.25, 0.3) is 0 Å². The normalized spacial score (nSPS) is 10.5. The van der Waals surface area contributed by atoms with Gasteiger partial charge in [0.15, 0.2) is 0 Å². The van der Waals surface area contributed by atoms with Crippen LogP contribution in [0, 0.1) is 0 Å². The summed E-state index contributed by atoms with van der Waals surface area (Å²) >= 11 is 0. The Morgan fingerprint density at radius 3 is 2.27 bits per heavy atom. The quantitative estimate of drug-likeness (QED) is 0.435. The zero-order chi connectivity index (χ0) is 10.6. The first-order valence-electron chi connectivity index (χ1n) is 4.19. The van der Waals surface area contributed by atoms with Gasteiger partial charge in [-0.05, 0) is 12.1 Å². The summed E-state index contributed by atoms with van der Waals surface area (Å²) in [6.07, 6.45) is 0. The molecule has 0 saturated carbocycles. The molecular weight excluding hydrogens is 225 g/mol. The molecule has 1 rings (SSSR count). The van der Waals surface area contributed by atoms with Crippen LogP contribution in [-0.4, -0.2) is 32.3 Å². The molecule has 0 radical (unpaired) electrons. The fraction of sp³-hybridized carbons (Fsp3) is 0.333. The van der Waals surface area contributed by atoms with Crippen LogP contribution in [0.1, 0.15) is 0 Å². The summed E-state index contributed by atoms with van der Waals surface area (Å²) in [5, 5.41) is 0. The van der Waals surface area contributed by atoms with Crippen LogP contribution in [0.15, 0.2) is 30.3 Å². The van der Waals surface area contributed by atoms with Crippen molar-refractivity contribution in [2.45, 2.75) is 0 Å². The van der Waals surface area contributed by atoms with E-state index >= 15 is 0 Å². The van der Waals surface area contributed by atoms with Crippen molar-refractivity contribution < 1.29 is 42.5 Å². The maximum Gasteiger partial charge on any atom is 1.00 e. The van der Waals surface area contributed by atoms with Gasteiger partial charge in [0.05, 0.1) is 15.9 Å². The van der Waals surface area contributed by atoms with Gasteiger partial charge in [0.2, 0.25) is 0 Å². The van der Waals surface area contributed by atoms with E-state index in [2.05, 4.69) is 0 Å². The molecule has 0 aromatic heterocycles. The molecule has 1 aromatic rings. The third-order valence-electron chi connectivity index (χ3n) is 1.87. The van der Waals surface area contributed by atoms with Gasteiger partial charge in [-0.3, -0.25) is 0 Å². The number of nitrogens with zero attached hydrogens (tertiary/aromatic N) is 1. The Morgan fingerprint density at radius 1 is 1.27 bits per heavy atom. The summed E-state index contributed by atoms with van der Waals surface area (Å²) < 4.78 is 31.2. The van der Waals surface area contributed by atoms with Crippen molar-refractivity contribution >= 4 is 15.8 Å². The fourth-order valence-corrected chi connectivity index (χ4v) is 1.56. The first-order valence-corrected chi connectivity index (χ1v) is 5.76. The smallest absolute Gasteiger partial charge is 0.748 e. The number of anilines is 1.